The quantitative estimate of drug-likeness (QED) is 0.107. The van der Waals surface area contributed by atoms with E-state index in [1.54, 1.807) is 91.1 Å². The van der Waals surface area contributed by atoms with Crippen molar-refractivity contribution in [2.45, 2.75) is 36.7 Å². The number of benzene rings is 4. The fraction of sp³-hybridized carbons (Fsp3) is 0.214. The normalized spacial score (nSPS) is 17.2. The van der Waals surface area contributed by atoms with E-state index < -0.39 is 48.3 Å². The van der Waals surface area contributed by atoms with Crippen molar-refractivity contribution in [1.82, 2.24) is 20.5 Å². The molecule has 0 bridgehead atoms. The first kappa shape index (κ1) is 37.1. The first-order valence-corrected chi connectivity index (χ1v) is 17.3. The van der Waals surface area contributed by atoms with Crippen molar-refractivity contribution in [3.05, 3.63) is 155 Å². The second-order valence-electron chi connectivity index (χ2n) is 13.2. The number of hydrogen-bond acceptors (Lipinski definition) is 7. The van der Waals surface area contributed by atoms with Gasteiger partial charge in [0, 0.05) is 41.2 Å². The standard InChI is InChI=1S/C42H36F5N5O3/c1-26-19-37(52-51-26)29-20-28(23-48-24-29)27-9-18-36(44)35(21-27)40(25-43)22-38(42(45,46)47)55-39(49-40)50-41(30-7-5-4-6-8-30,31-10-14-33(53-2)15-11-31)32-12-16-34(54-3)17-13-32/h4-21,23-24,38H,22,25H2,1-3H3,(H,49,50)(H,51,52)/t38-,40+/m0/s1. The fourth-order valence-electron chi connectivity index (χ4n) is 6.93. The van der Waals surface area contributed by atoms with Gasteiger partial charge in [-0.2, -0.15) is 18.3 Å². The van der Waals surface area contributed by atoms with Crippen molar-refractivity contribution in [1.29, 1.82) is 0 Å². The highest BCUT2D eigenvalue weighted by molar-refractivity contribution is 5.79. The van der Waals surface area contributed by atoms with Crippen molar-refractivity contribution >= 4 is 6.02 Å². The Labute approximate surface area is 314 Å². The first-order valence-electron chi connectivity index (χ1n) is 17.3. The van der Waals surface area contributed by atoms with Crippen LogP contribution in [0.5, 0.6) is 11.5 Å². The molecule has 0 saturated carbocycles. The average Bonchev–Trinajstić information content (AvgIpc) is 3.66. The second kappa shape index (κ2) is 14.9. The zero-order valence-corrected chi connectivity index (χ0v) is 30.0. The third-order valence-electron chi connectivity index (χ3n) is 9.77. The van der Waals surface area contributed by atoms with Gasteiger partial charge in [-0.1, -0.05) is 60.7 Å². The minimum Gasteiger partial charge on any atom is -0.497 e. The third-order valence-corrected chi connectivity index (χ3v) is 9.77. The lowest BCUT2D eigenvalue weighted by Crippen LogP contribution is -2.55. The summed E-state index contributed by atoms with van der Waals surface area (Å²) in [5, 5.41) is 10.3. The molecule has 282 valence electrons. The lowest BCUT2D eigenvalue weighted by Gasteiger charge is -2.42. The van der Waals surface area contributed by atoms with Crippen molar-refractivity contribution < 1.29 is 36.2 Å². The van der Waals surface area contributed by atoms with Crippen LogP contribution in [-0.4, -0.2) is 54.4 Å². The van der Waals surface area contributed by atoms with Crippen LogP contribution in [0, 0.1) is 12.7 Å². The molecule has 0 saturated heterocycles. The molecule has 0 radical (unpaired) electrons. The smallest absolute Gasteiger partial charge is 0.425 e. The third kappa shape index (κ3) is 7.21. The number of aromatic amines is 1. The molecule has 1 aliphatic heterocycles. The zero-order valence-electron chi connectivity index (χ0n) is 30.0. The lowest BCUT2D eigenvalue weighted by molar-refractivity contribution is -0.210. The summed E-state index contributed by atoms with van der Waals surface area (Å²) in [5.41, 5.74) is 0.487. The van der Waals surface area contributed by atoms with Gasteiger partial charge < -0.3 is 19.5 Å². The van der Waals surface area contributed by atoms with E-state index in [2.05, 4.69) is 25.5 Å². The summed E-state index contributed by atoms with van der Waals surface area (Å²) < 4.78 is 92.8. The van der Waals surface area contributed by atoms with E-state index >= 15 is 8.78 Å². The van der Waals surface area contributed by atoms with E-state index in [1.165, 1.54) is 32.5 Å². The predicted octanol–water partition coefficient (Wildman–Crippen LogP) is 9.06. The number of rotatable bonds is 10. The second-order valence-corrected chi connectivity index (χ2v) is 13.2. The highest BCUT2D eigenvalue weighted by Crippen LogP contribution is 2.45. The molecule has 55 heavy (non-hydrogen) atoms. The van der Waals surface area contributed by atoms with Crippen LogP contribution >= 0.6 is 0 Å². The van der Waals surface area contributed by atoms with Gasteiger partial charge in [0.05, 0.1) is 19.9 Å². The minimum absolute atomic E-state index is 0.371. The number of H-pyrrole nitrogens is 1. The number of halogens is 5. The highest BCUT2D eigenvalue weighted by atomic mass is 19.4. The largest absolute Gasteiger partial charge is 0.497 e. The van der Waals surface area contributed by atoms with Crippen LogP contribution < -0.4 is 14.8 Å². The number of hydrogen-bond donors (Lipinski definition) is 2. The topological polar surface area (TPSA) is 93.7 Å². The van der Waals surface area contributed by atoms with Crippen LogP contribution in [-0.2, 0) is 15.8 Å². The SMILES string of the molecule is COc1ccc(C(NC2=N[C@](CF)(c3cc(-c4cncc(-c5cc(C)[nH]n5)c4)ccc3F)C[C@@H](C(F)(F)F)O2)(c2ccccc2)c2ccc(OC)cc2)cc1. The Morgan fingerprint density at radius 3 is 1.98 bits per heavy atom. The number of nitrogens with one attached hydrogen (secondary N) is 2. The predicted molar refractivity (Wildman–Crippen MR) is 198 cm³/mol. The molecule has 0 amide bonds. The molecule has 0 fully saturated rings. The van der Waals surface area contributed by atoms with Crippen molar-refractivity contribution in [3.8, 4) is 33.9 Å². The number of ether oxygens (including phenoxy) is 3. The first-order chi connectivity index (χ1) is 26.5. The molecular formula is C42H36F5N5O3. The van der Waals surface area contributed by atoms with Crippen LogP contribution in [0.15, 0.2) is 127 Å². The van der Waals surface area contributed by atoms with Crippen molar-refractivity contribution in [2.24, 2.45) is 4.99 Å². The summed E-state index contributed by atoms with van der Waals surface area (Å²) in [4.78, 5) is 8.86. The van der Waals surface area contributed by atoms with Crippen molar-refractivity contribution in [2.75, 3.05) is 20.9 Å². The molecule has 3 heterocycles. The number of aliphatic imine (C=N–C) groups is 1. The number of nitrogens with zero attached hydrogens (tertiary/aromatic N) is 3. The summed E-state index contributed by atoms with van der Waals surface area (Å²) in [6, 6.07) is 29.7. The summed E-state index contributed by atoms with van der Waals surface area (Å²) in [5.74, 6) is 0.144. The number of pyridine rings is 1. The summed E-state index contributed by atoms with van der Waals surface area (Å²) in [6.07, 6.45) is -5.43. The van der Waals surface area contributed by atoms with Gasteiger partial charge in [0.15, 0.2) is 6.10 Å². The van der Waals surface area contributed by atoms with Crippen LogP contribution in [0.4, 0.5) is 22.0 Å². The Bertz CT molecular complexity index is 2250. The van der Waals surface area contributed by atoms with E-state index in [9.17, 15) is 13.2 Å². The molecule has 0 spiro atoms. The Kier molecular flexibility index (Phi) is 10.0. The van der Waals surface area contributed by atoms with Gasteiger partial charge in [-0.3, -0.25) is 10.1 Å². The van der Waals surface area contributed by atoms with E-state index in [4.69, 9.17) is 14.2 Å². The molecule has 2 N–H and O–H groups in total. The number of alkyl halides is 4. The number of aryl methyl sites for hydroxylation is 1. The minimum atomic E-state index is -4.98. The van der Waals surface area contributed by atoms with E-state index in [-0.39, 0.29) is 5.56 Å². The zero-order chi connectivity index (χ0) is 38.8. The molecule has 13 heteroatoms. The molecule has 6 aromatic rings. The maximum absolute atomic E-state index is 16.0. The molecular weight excluding hydrogens is 717 g/mol. The maximum atomic E-state index is 16.0. The molecule has 4 aromatic carbocycles. The van der Waals surface area contributed by atoms with Gasteiger partial charge in [0.1, 0.15) is 35.1 Å². The van der Waals surface area contributed by atoms with Crippen LogP contribution in [0.2, 0.25) is 0 Å². The van der Waals surface area contributed by atoms with Gasteiger partial charge in [-0.15, -0.1) is 0 Å². The van der Waals surface area contributed by atoms with Crippen LogP contribution in [0.3, 0.4) is 0 Å². The van der Waals surface area contributed by atoms with Gasteiger partial charge >= 0.3 is 6.18 Å². The Hall–Kier alpha value is -6.24. The molecule has 8 nitrogen and oxygen atoms in total. The van der Waals surface area contributed by atoms with Gasteiger partial charge in [0.25, 0.3) is 6.02 Å². The molecule has 0 unspecified atom stereocenters. The van der Waals surface area contributed by atoms with Crippen LogP contribution in [0.1, 0.15) is 34.4 Å². The van der Waals surface area contributed by atoms with E-state index in [0.29, 0.717) is 50.6 Å². The average molecular weight is 754 g/mol. The van der Waals surface area contributed by atoms with Crippen LogP contribution in [0.25, 0.3) is 22.4 Å². The summed E-state index contributed by atoms with van der Waals surface area (Å²) in [6.45, 7) is 0.378. The van der Waals surface area contributed by atoms with Crippen molar-refractivity contribution in [3.63, 3.8) is 0 Å². The Balaban J connectivity index is 1.41. The molecule has 7 rings (SSSR count). The lowest BCUT2D eigenvalue weighted by atomic mass is 9.77. The molecule has 2 atom stereocenters. The van der Waals surface area contributed by atoms with Gasteiger partial charge in [-0.25, -0.2) is 13.8 Å². The van der Waals surface area contributed by atoms with Gasteiger partial charge in [-0.05, 0) is 77.7 Å². The Morgan fingerprint density at radius 2 is 1.42 bits per heavy atom. The Morgan fingerprint density at radius 1 is 0.800 bits per heavy atom. The molecule has 1 aliphatic rings. The highest BCUT2D eigenvalue weighted by Gasteiger charge is 2.53. The van der Waals surface area contributed by atoms with E-state index in [1.807, 2.05) is 13.0 Å². The van der Waals surface area contributed by atoms with E-state index in [0.717, 1.165) is 11.8 Å². The summed E-state index contributed by atoms with van der Waals surface area (Å²) >= 11 is 0. The number of aromatic nitrogens is 3. The monoisotopic (exact) mass is 753 g/mol. The molecule has 0 aliphatic carbocycles. The summed E-state index contributed by atoms with van der Waals surface area (Å²) in [7, 11) is 3.03. The number of methoxy groups -OCH3 is 2. The maximum Gasteiger partial charge on any atom is 0.425 e. The fourth-order valence-corrected chi connectivity index (χ4v) is 6.93. The van der Waals surface area contributed by atoms with Gasteiger partial charge in [0.2, 0.25) is 0 Å². The molecule has 2 aromatic heterocycles. The number of amidine groups is 1.